The lowest BCUT2D eigenvalue weighted by atomic mass is 9.65. The minimum absolute atomic E-state index is 0.00183. The molecule has 4 N–H and O–H groups in total. The zero-order chi connectivity index (χ0) is 23.1. The number of carbonyl (C=O) groups excluding carboxylic acids is 1. The lowest BCUT2D eigenvalue weighted by Crippen LogP contribution is -2.42. The van der Waals surface area contributed by atoms with E-state index in [9.17, 15) is 24.9 Å². The zero-order valence-electron chi connectivity index (χ0n) is 18.8. The first-order valence-corrected chi connectivity index (χ1v) is 11.4. The van der Waals surface area contributed by atoms with Gasteiger partial charge in [0.1, 0.15) is 6.10 Å². The minimum atomic E-state index is -1.09. The molecular weight excluding hydrogens is 400 g/mol. The molecule has 2 aliphatic rings. The molecule has 31 heavy (non-hydrogen) atoms. The largest absolute Gasteiger partial charge is 0.481 e. The van der Waals surface area contributed by atoms with Gasteiger partial charge >= 0.3 is 11.9 Å². The van der Waals surface area contributed by atoms with Crippen molar-refractivity contribution in [2.75, 3.05) is 6.61 Å². The number of carboxylic acid groups (broad SMARTS) is 1. The summed E-state index contributed by atoms with van der Waals surface area (Å²) in [6.07, 6.45) is 6.06. The number of allylic oxidation sites excluding steroid dienone is 2. The molecular formula is C24H38O7. The van der Waals surface area contributed by atoms with E-state index in [0.29, 0.717) is 25.7 Å². The topological polar surface area (TPSA) is 124 Å². The highest BCUT2D eigenvalue weighted by atomic mass is 16.5. The van der Waals surface area contributed by atoms with Gasteiger partial charge in [0.2, 0.25) is 0 Å². The third-order valence-corrected chi connectivity index (χ3v) is 6.78. The predicted molar refractivity (Wildman–Crippen MR) is 116 cm³/mol. The number of hydrogen-bond donors (Lipinski definition) is 4. The van der Waals surface area contributed by atoms with Crippen molar-refractivity contribution >= 4 is 11.9 Å². The first-order valence-electron chi connectivity index (χ1n) is 11.4. The van der Waals surface area contributed by atoms with Gasteiger partial charge in [0.25, 0.3) is 0 Å². The van der Waals surface area contributed by atoms with Crippen molar-refractivity contribution in [2.24, 2.45) is 29.6 Å². The third-order valence-electron chi connectivity index (χ3n) is 6.78. The van der Waals surface area contributed by atoms with Crippen molar-refractivity contribution in [3.8, 4) is 0 Å². The number of carbonyl (C=O) groups is 2. The molecule has 0 fully saturated rings. The second-order valence-corrected chi connectivity index (χ2v) is 9.26. The summed E-state index contributed by atoms with van der Waals surface area (Å²) in [5.41, 5.74) is 1.07. The average molecular weight is 439 g/mol. The number of rotatable bonds is 11. The SMILES string of the molecule is CC[C@H](C)C(=O)O[C@H]1C[C@@H](CO)C=C2C=C[C@H](C)[C@H](CC[C@@H](O)C[C@@H](O)CC(=O)O)[C@H]21. The van der Waals surface area contributed by atoms with Crippen molar-refractivity contribution in [3.63, 3.8) is 0 Å². The van der Waals surface area contributed by atoms with E-state index < -0.39 is 18.2 Å². The van der Waals surface area contributed by atoms with Crippen LogP contribution in [0.2, 0.25) is 0 Å². The van der Waals surface area contributed by atoms with Gasteiger partial charge in [-0.2, -0.15) is 0 Å². The van der Waals surface area contributed by atoms with E-state index in [2.05, 4.69) is 25.2 Å². The smallest absolute Gasteiger partial charge is 0.308 e. The van der Waals surface area contributed by atoms with Crippen LogP contribution in [0.25, 0.3) is 0 Å². The number of fused-ring (bicyclic) bond motifs is 1. The van der Waals surface area contributed by atoms with Crippen LogP contribution in [-0.2, 0) is 14.3 Å². The molecule has 2 aliphatic carbocycles. The fourth-order valence-electron chi connectivity index (χ4n) is 4.76. The first kappa shape index (κ1) is 25.6. The van der Waals surface area contributed by atoms with Crippen LogP contribution in [0, 0.1) is 29.6 Å². The van der Waals surface area contributed by atoms with E-state index in [1.165, 1.54) is 0 Å². The normalized spacial score (nSPS) is 30.6. The highest BCUT2D eigenvalue weighted by Crippen LogP contribution is 2.45. The Morgan fingerprint density at radius 2 is 1.97 bits per heavy atom. The van der Waals surface area contributed by atoms with E-state index in [4.69, 9.17) is 9.84 Å². The number of aliphatic carboxylic acids is 1. The number of ether oxygens (including phenoxy) is 1. The van der Waals surface area contributed by atoms with E-state index >= 15 is 0 Å². The van der Waals surface area contributed by atoms with Gasteiger partial charge in [0, 0.05) is 18.4 Å². The standard InChI is InChI=1S/C24H38O7/c1-4-14(2)24(30)31-21-10-16(13-25)9-17-6-5-15(3)20(23(17)21)8-7-18(26)11-19(27)12-22(28)29/h5-6,9,14-16,18-21,23,25-27H,4,7-8,10-13H2,1-3H3,(H,28,29)/t14-,15-,16-,18+,19+,20-,21-,23-/m0/s1. The predicted octanol–water partition coefficient (Wildman–Crippen LogP) is 2.69. The van der Waals surface area contributed by atoms with Crippen LogP contribution in [-0.4, -0.2) is 57.3 Å². The molecule has 0 unspecified atom stereocenters. The molecule has 8 atom stereocenters. The van der Waals surface area contributed by atoms with Crippen molar-refractivity contribution in [3.05, 3.63) is 23.8 Å². The summed E-state index contributed by atoms with van der Waals surface area (Å²) in [6.45, 7) is 5.91. The fraction of sp³-hybridized carbons (Fsp3) is 0.750. The van der Waals surface area contributed by atoms with E-state index in [1.54, 1.807) is 0 Å². The van der Waals surface area contributed by atoms with Crippen molar-refractivity contribution in [1.82, 2.24) is 0 Å². The quantitative estimate of drug-likeness (QED) is 0.366. The van der Waals surface area contributed by atoms with Crippen molar-refractivity contribution < 1.29 is 34.8 Å². The maximum absolute atomic E-state index is 12.5. The molecule has 0 aromatic rings. The minimum Gasteiger partial charge on any atom is -0.481 e. The van der Waals surface area contributed by atoms with Gasteiger partial charge in [0.15, 0.2) is 0 Å². The summed E-state index contributed by atoms with van der Waals surface area (Å²) in [4.78, 5) is 23.3. The Kier molecular flexibility index (Phi) is 9.72. The number of aliphatic hydroxyl groups is 3. The van der Waals surface area contributed by atoms with Gasteiger partial charge in [-0.3, -0.25) is 9.59 Å². The zero-order valence-corrected chi connectivity index (χ0v) is 18.8. The Hall–Kier alpha value is -1.70. The Morgan fingerprint density at radius 1 is 1.26 bits per heavy atom. The van der Waals surface area contributed by atoms with E-state index in [1.807, 2.05) is 13.8 Å². The summed E-state index contributed by atoms with van der Waals surface area (Å²) in [7, 11) is 0. The van der Waals surface area contributed by atoms with Crippen LogP contribution in [0.1, 0.15) is 59.3 Å². The van der Waals surface area contributed by atoms with E-state index in [-0.39, 0.29) is 61.1 Å². The number of esters is 1. The lowest BCUT2D eigenvalue weighted by Gasteiger charge is -2.43. The molecule has 0 heterocycles. The Balaban J connectivity index is 2.13. The molecule has 0 aromatic carbocycles. The molecule has 2 rings (SSSR count). The molecule has 0 saturated heterocycles. The monoisotopic (exact) mass is 438 g/mol. The second kappa shape index (κ2) is 11.8. The third kappa shape index (κ3) is 7.16. The fourth-order valence-corrected chi connectivity index (χ4v) is 4.76. The Bertz CT molecular complexity index is 671. The summed E-state index contributed by atoms with van der Waals surface area (Å²) >= 11 is 0. The molecule has 0 bridgehead atoms. The number of carboxylic acids is 1. The van der Waals surface area contributed by atoms with Crippen LogP contribution in [0.3, 0.4) is 0 Å². The summed E-state index contributed by atoms with van der Waals surface area (Å²) < 4.78 is 5.95. The lowest BCUT2D eigenvalue weighted by molar-refractivity contribution is -0.159. The van der Waals surface area contributed by atoms with Crippen LogP contribution in [0.5, 0.6) is 0 Å². The molecule has 0 radical (unpaired) electrons. The van der Waals surface area contributed by atoms with E-state index in [0.717, 1.165) is 5.57 Å². The summed E-state index contributed by atoms with van der Waals surface area (Å²) in [5.74, 6) is -1.21. The van der Waals surface area contributed by atoms with Crippen LogP contribution < -0.4 is 0 Å². The molecule has 176 valence electrons. The molecule has 0 aromatic heterocycles. The van der Waals surface area contributed by atoms with Crippen molar-refractivity contribution in [2.45, 2.75) is 77.6 Å². The summed E-state index contributed by atoms with van der Waals surface area (Å²) in [6, 6.07) is 0. The van der Waals surface area contributed by atoms with Crippen LogP contribution in [0.15, 0.2) is 23.8 Å². The molecule has 0 aliphatic heterocycles. The Morgan fingerprint density at radius 3 is 2.58 bits per heavy atom. The molecule has 7 nitrogen and oxygen atoms in total. The maximum Gasteiger partial charge on any atom is 0.308 e. The van der Waals surface area contributed by atoms with Gasteiger partial charge in [-0.05, 0) is 49.5 Å². The molecule has 0 amide bonds. The van der Waals surface area contributed by atoms with Crippen LogP contribution >= 0.6 is 0 Å². The van der Waals surface area contributed by atoms with Gasteiger partial charge in [0.05, 0.1) is 24.5 Å². The van der Waals surface area contributed by atoms with Gasteiger partial charge in [-0.25, -0.2) is 0 Å². The number of aliphatic hydroxyl groups excluding tert-OH is 3. The summed E-state index contributed by atoms with van der Waals surface area (Å²) in [5, 5.41) is 38.6. The van der Waals surface area contributed by atoms with Gasteiger partial charge in [-0.1, -0.05) is 39.0 Å². The first-order chi connectivity index (χ1) is 14.7. The molecule has 0 saturated carbocycles. The molecule has 7 heteroatoms. The average Bonchev–Trinajstić information content (AvgIpc) is 2.71. The highest BCUT2D eigenvalue weighted by molar-refractivity contribution is 5.72. The maximum atomic E-state index is 12.5. The number of hydrogen-bond acceptors (Lipinski definition) is 6. The Labute approximate surface area is 184 Å². The van der Waals surface area contributed by atoms with Gasteiger partial charge < -0.3 is 25.2 Å². The van der Waals surface area contributed by atoms with Crippen molar-refractivity contribution in [1.29, 1.82) is 0 Å². The van der Waals surface area contributed by atoms with Gasteiger partial charge in [-0.15, -0.1) is 0 Å². The second-order valence-electron chi connectivity index (χ2n) is 9.26. The van der Waals surface area contributed by atoms with Crippen LogP contribution in [0.4, 0.5) is 0 Å². The molecule has 0 spiro atoms. The highest BCUT2D eigenvalue weighted by Gasteiger charge is 2.42.